The van der Waals surface area contributed by atoms with Crippen molar-refractivity contribution in [2.24, 2.45) is 13.0 Å². The van der Waals surface area contributed by atoms with Crippen LogP contribution in [0.4, 0.5) is 5.95 Å². The molecule has 1 aromatic rings. The minimum atomic E-state index is 0.759. The predicted octanol–water partition coefficient (Wildman–Crippen LogP) is 0.178. The van der Waals surface area contributed by atoms with Crippen LogP contribution >= 0.6 is 0 Å². The highest BCUT2D eigenvalue weighted by Gasteiger charge is 2.29. The van der Waals surface area contributed by atoms with E-state index in [9.17, 15) is 0 Å². The Hall–Kier alpha value is -1.17. The Kier molecular flexibility index (Phi) is 2.96. The molecule has 0 radical (unpaired) electrons. The van der Waals surface area contributed by atoms with Crippen LogP contribution in [0.25, 0.3) is 0 Å². The molecule has 2 fully saturated rings. The van der Waals surface area contributed by atoms with E-state index >= 15 is 0 Å². The number of tetrazole rings is 1. The third-order valence-electron chi connectivity index (χ3n) is 4.09. The molecule has 0 saturated carbocycles. The van der Waals surface area contributed by atoms with Crippen molar-refractivity contribution in [2.75, 3.05) is 24.5 Å². The molecule has 1 atom stereocenters. The van der Waals surface area contributed by atoms with Gasteiger partial charge in [0.05, 0.1) is 0 Å². The van der Waals surface area contributed by atoms with Gasteiger partial charge >= 0.3 is 0 Å². The number of piperidine rings is 1. The molecule has 94 valence electrons. The van der Waals surface area contributed by atoms with Crippen molar-refractivity contribution < 1.29 is 0 Å². The predicted molar refractivity (Wildman–Crippen MR) is 64.8 cm³/mol. The summed E-state index contributed by atoms with van der Waals surface area (Å²) in [6, 6.07) is 0.759. The number of hydrogen-bond acceptors (Lipinski definition) is 5. The average Bonchev–Trinajstić information content (AvgIpc) is 3.00. The molecular weight excluding hydrogens is 216 g/mol. The van der Waals surface area contributed by atoms with Crippen LogP contribution in [-0.4, -0.2) is 45.9 Å². The highest BCUT2D eigenvalue weighted by Crippen LogP contribution is 2.27. The van der Waals surface area contributed by atoms with Crippen LogP contribution in [0.15, 0.2) is 0 Å². The summed E-state index contributed by atoms with van der Waals surface area (Å²) in [4.78, 5) is 2.30. The minimum Gasteiger partial charge on any atom is -0.340 e. The molecule has 1 N–H and O–H groups in total. The highest BCUT2D eigenvalue weighted by molar-refractivity contribution is 5.28. The molecule has 1 aromatic heterocycles. The fourth-order valence-corrected chi connectivity index (χ4v) is 3.11. The first-order valence-corrected chi connectivity index (χ1v) is 6.55. The van der Waals surface area contributed by atoms with Gasteiger partial charge in [-0.15, -0.1) is 0 Å². The lowest BCUT2D eigenvalue weighted by molar-refractivity contribution is 0.316. The number of anilines is 1. The van der Waals surface area contributed by atoms with Gasteiger partial charge in [0.2, 0.25) is 5.95 Å². The Balaban J connectivity index is 1.58. The molecule has 17 heavy (non-hydrogen) atoms. The second-order valence-electron chi connectivity index (χ2n) is 5.13. The van der Waals surface area contributed by atoms with Gasteiger partial charge in [0.1, 0.15) is 0 Å². The van der Waals surface area contributed by atoms with Gasteiger partial charge in [-0.3, -0.25) is 0 Å². The maximum absolute atomic E-state index is 4.07. The van der Waals surface area contributed by atoms with Crippen LogP contribution in [0.3, 0.4) is 0 Å². The number of aryl methyl sites for hydroxylation is 1. The second-order valence-corrected chi connectivity index (χ2v) is 5.13. The number of nitrogens with one attached hydrogen (secondary N) is 1. The molecule has 2 aliphatic heterocycles. The first-order chi connectivity index (χ1) is 8.34. The van der Waals surface area contributed by atoms with Gasteiger partial charge in [0.15, 0.2) is 0 Å². The van der Waals surface area contributed by atoms with Crippen LogP contribution in [0.5, 0.6) is 0 Å². The summed E-state index contributed by atoms with van der Waals surface area (Å²) in [5, 5.41) is 15.3. The summed E-state index contributed by atoms with van der Waals surface area (Å²) in [6.07, 6.45) is 5.21. The van der Waals surface area contributed by atoms with Crippen LogP contribution in [-0.2, 0) is 7.05 Å². The smallest absolute Gasteiger partial charge is 0.245 e. The van der Waals surface area contributed by atoms with Gasteiger partial charge in [-0.05, 0) is 48.6 Å². The molecule has 0 aromatic carbocycles. The molecule has 0 amide bonds. The first-order valence-electron chi connectivity index (χ1n) is 6.55. The third-order valence-corrected chi connectivity index (χ3v) is 4.09. The molecule has 2 aliphatic rings. The van der Waals surface area contributed by atoms with Crippen LogP contribution in [0.2, 0.25) is 0 Å². The van der Waals surface area contributed by atoms with E-state index in [-0.39, 0.29) is 0 Å². The molecule has 0 spiro atoms. The quantitative estimate of drug-likeness (QED) is 0.793. The van der Waals surface area contributed by atoms with Gasteiger partial charge in [-0.1, -0.05) is 5.10 Å². The van der Waals surface area contributed by atoms with Gasteiger partial charge < -0.3 is 10.2 Å². The summed E-state index contributed by atoms with van der Waals surface area (Å²) >= 11 is 0. The molecule has 0 bridgehead atoms. The zero-order valence-electron chi connectivity index (χ0n) is 10.3. The third kappa shape index (κ3) is 2.13. The lowest BCUT2D eigenvalue weighted by Crippen LogP contribution is -2.41. The van der Waals surface area contributed by atoms with E-state index in [2.05, 4.69) is 25.7 Å². The number of nitrogens with zero attached hydrogens (tertiary/aromatic N) is 5. The standard InChI is InChI=1S/C11H20N6/c1-16-11(13-14-15-16)17-7-4-9(5-8-17)10-3-2-6-12-10/h9-10,12H,2-8H2,1H3. The van der Waals surface area contributed by atoms with E-state index in [1.54, 1.807) is 4.68 Å². The fraction of sp³-hybridized carbons (Fsp3) is 0.909. The molecule has 1 unspecified atom stereocenters. The summed E-state index contributed by atoms with van der Waals surface area (Å²) in [5.41, 5.74) is 0. The zero-order valence-corrected chi connectivity index (χ0v) is 10.3. The fourth-order valence-electron chi connectivity index (χ4n) is 3.11. The van der Waals surface area contributed by atoms with Crippen molar-refractivity contribution >= 4 is 5.95 Å². The highest BCUT2D eigenvalue weighted by atomic mass is 15.6. The number of rotatable bonds is 2. The number of aromatic nitrogens is 4. The molecule has 6 nitrogen and oxygen atoms in total. The maximum atomic E-state index is 4.07. The summed E-state index contributed by atoms with van der Waals surface area (Å²) in [6.45, 7) is 3.37. The van der Waals surface area contributed by atoms with Crippen LogP contribution < -0.4 is 10.2 Å². The first kappa shape index (κ1) is 11.0. The van der Waals surface area contributed by atoms with Gasteiger partial charge in [0.25, 0.3) is 0 Å². The van der Waals surface area contributed by atoms with E-state index in [4.69, 9.17) is 0 Å². The topological polar surface area (TPSA) is 58.9 Å². The van der Waals surface area contributed by atoms with Crippen molar-refractivity contribution in [3.63, 3.8) is 0 Å². The molecule has 6 heteroatoms. The maximum Gasteiger partial charge on any atom is 0.245 e. The SMILES string of the molecule is Cn1nnnc1N1CCC(C2CCCN2)CC1. The van der Waals surface area contributed by atoms with Crippen molar-refractivity contribution in [3.05, 3.63) is 0 Å². The molecule has 3 rings (SSSR count). The van der Waals surface area contributed by atoms with Crippen molar-refractivity contribution in [3.8, 4) is 0 Å². The van der Waals surface area contributed by atoms with E-state index in [1.807, 2.05) is 7.05 Å². The molecular formula is C11H20N6. The lowest BCUT2D eigenvalue weighted by atomic mass is 9.89. The van der Waals surface area contributed by atoms with Crippen LogP contribution in [0, 0.1) is 5.92 Å². The lowest BCUT2D eigenvalue weighted by Gasteiger charge is -2.34. The monoisotopic (exact) mass is 236 g/mol. The van der Waals surface area contributed by atoms with Crippen molar-refractivity contribution in [1.82, 2.24) is 25.5 Å². The summed E-state index contributed by atoms with van der Waals surface area (Å²) in [7, 11) is 1.90. The molecule has 3 heterocycles. The second kappa shape index (κ2) is 4.60. The van der Waals surface area contributed by atoms with E-state index in [1.165, 1.54) is 32.2 Å². The Bertz CT molecular complexity index is 362. The van der Waals surface area contributed by atoms with Gasteiger partial charge in [0, 0.05) is 26.2 Å². The Morgan fingerprint density at radius 1 is 1.24 bits per heavy atom. The van der Waals surface area contributed by atoms with E-state index < -0.39 is 0 Å². The Morgan fingerprint density at radius 2 is 2.06 bits per heavy atom. The van der Waals surface area contributed by atoms with Crippen molar-refractivity contribution in [2.45, 2.75) is 31.7 Å². The summed E-state index contributed by atoms with van der Waals surface area (Å²) < 4.78 is 1.76. The molecule has 0 aliphatic carbocycles. The molecule has 2 saturated heterocycles. The summed E-state index contributed by atoms with van der Waals surface area (Å²) in [5.74, 6) is 1.75. The van der Waals surface area contributed by atoms with E-state index in [0.29, 0.717) is 0 Å². The zero-order chi connectivity index (χ0) is 11.7. The van der Waals surface area contributed by atoms with Gasteiger partial charge in [-0.2, -0.15) is 0 Å². The minimum absolute atomic E-state index is 0.759. The average molecular weight is 236 g/mol. The van der Waals surface area contributed by atoms with Gasteiger partial charge in [-0.25, -0.2) is 4.68 Å². The Morgan fingerprint density at radius 3 is 2.65 bits per heavy atom. The van der Waals surface area contributed by atoms with Crippen LogP contribution in [0.1, 0.15) is 25.7 Å². The Labute approximate surface area is 101 Å². The largest absolute Gasteiger partial charge is 0.340 e. The van der Waals surface area contributed by atoms with E-state index in [0.717, 1.165) is 31.0 Å². The normalized spacial score (nSPS) is 26.6. The number of hydrogen-bond donors (Lipinski definition) is 1. The van der Waals surface area contributed by atoms with Crippen molar-refractivity contribution in [1.29, 1.82) is 0 Å².